The summed E-state index contributed by atoms with van der Waals surface area (Å²) < 4.78 is 7.49. The summed E-state index contributed by atoms with van der Waals surface area (Å²) in [6.45, 7) is 5.04. The Bertz CT molecular complexity index is 554. The minimum absolute atomic E-state index is 0.301. The lowest BCUT2D eigenvalue weighted by Crippen LogP contribution is -2.31. The fraction of sp³-hybridized carbons (Fsp3) is 0.471. The molecular formula is C17H25N3O2. The molecule has 0 bridgehead atoms. The second kappa shape index (κ2) is 8.08. The van der Waals surface area contributed by atoms with E-state index in [0.717, 1.165) is 12.0 Å². The Morgan fingerprint density at radius 2 is 2.00 bits per heavy atom. The molecule has 5 heteroatoms. The largest absolute Gasteiger partial charge is 0.385 e. The molecule has 0 fully saturated rings. The summed E-state index contributed by atoms with van der Waals surface area (Å²) in [5, 5.41) is 10.4. The molecule has 1 unspecified atom stereocenters. The van der Waals surface area contributed by atoms with Crippen LogP contribution in [0, 0.1) is 5.92 Å². The molecule has 2 aromatic rings. The topological polar surface area (TPSA) is 73.3 Å². The molecule has 2 rings (SSSR count). The van der Waals surface area contributed by atoms with Gasteiger partial charge in [-0.15, -0.1) is 0 Å². The van der Waals surface area contributed by atoms with Crippen molar-refractivity contribution in [1.29, 1.82) is 0 Å². The van der Waals surface area contributed by atoms with E-state index in [-0.39, 0.29) is 6.04 Å². The van der Waals surface area contributed by atoms with Gasteiger partial charge in [0.1, 0.15) is 12.8 Å². The molecule has 0 amide bonds. The quantitative estimate of drug-likeness (QED) is 0.785. The molecule has 3 N–H and O–H groups in total. The zero-order chi connectivity index (χ0) is 15.9. The standard InChI is InChI=1S/C17H25N3O2/c1-13(2)8-15(18)17(21)16-9-19-11-20(16)12-22-10-14-6-4-3-5-7-14/h3-7,9,11,13,15,17,21H,8,10,12,18H2,1-2H3/t15-,17?/m0/s1. The van der Waals surface area contributed by atoms with Crippen LogP contribution in [0.1, 0.15) is 37.6 Å². The third-order valence-electron chi connectivity index (χ3n) is 3.54. The summed E-state index contributed by atoms with van der Waals surface area (Å²) >= 11 is 0. The first-order chi connectivity index (χ1) is 10.6. The van der Waals surface area contributed by atoms with Crippen molar-refractivity contribution in [2.75, 3.05) is 0 Å². The van der Waals surface area contributed by atoms with Crippen LogP contribution in [0.25, 0.3) is 0 Å². The van der Waals surface area contributed by atoms with Gasteiger partial charge in [-0.05, 0) is 17.9 Å². The summed E-state index contributed by atoms with van der Waals surface area (Å²) in [5.74, 6) is 0.440. The van der Waals surface area contributed by atoms with Crippen LogP contribution in [0.2, 0.25) is 0 Å². The van der Waals surface area contributed by atoms with Crippen molar-refractivity contribution in [1.82, 2.24) is 9.55 Å². The van der Waals surface area contributed by atoms with E-state index in [9.17, 15) is 5.11 Å². The predicted molar refractivity (Wildman–Crippen MR) is 85.8 cm³/mol. The summed E-state index contributed by atoms with van der Waals surface area (Å²) in [4.78, 5) is 4.10. The van der Waals surface area contributed by atoms with Crippen LogP contribution >= 0.6 is 0 Å². The molecule has 2 atom stereocenters. The summed E-state index contributed by atoms with van der Waals surface area (Å²) in [5.41, 5.74) is 7.87. The van der Waals surface area contributed by atoms with Gasteiger partial charge < -0.3 is 20.1 Å². The van der Waals surface area contributed by atoms with E-state index in [0.29, 0.717) is 24.9 Å². The molecule has 5 nitrogen and oxygen atoms in total. The molecule has 1 heterocycles. The zero-order valence-corrected chi connectivity index (χ0v) is 13.2. The van der Waals surface area contributed by atoms with Crippen LogP contribution in [-0.4, -0.2) is 20.7 Å². The smallest absolute Gasteiger partial charge is 0.124 e. The average Bonchev–Trinajstić information content (AvgIpc) is 2.95. The molecule has 120 valence electrons. The van der Waals surface area contributed by atoms with Gasteiger partial charge >= 0.3 is 0 Å². The Morgan fingerprint density at radius 3 is 2.68 bits per heavy atom. The van der Waals surface area contributed by atoms with E-state index >= 15 is 0 Å². The molecule has 0 radical (unpaired) electrons. The number of imidazole rings is 1. The fourth-order valence-electron chi connectivity index (χ4n) is 2.41. The van der Waals surface area contributed by atoms with Gasteiger partial charge in [-0.25, -0.2) is 4.98 Å². The van der Waals surface area contributed by atoms with Crippen molar-refractivity contribution in [3.63, 3.8) is 0 Å². The molecule has 0 saturated carbocycles. The molecule has 1 aromatic heterocycles. The first-order valence-electron chi connectivity index (χ1n) is 7.63. The average molecular weight is 303 g/mol. The number of nitrogens with zero attached hydrogens (tertiary/aromatic N) is 2. The Balaban J connectivity index is 1.91. The number of hydrogen-bond donors (Lipinski definition) is 2. The van der Waals surface area contributed by atoms with E-state index in [1.165, 1.54) is 0 Å². The van der Waals surface area contributed by atoms with Gasteiger partial charge in [0.15, 0.2) is 0 Å². The van der Waals surface area contributed by atoms with Crippen molar-refractivity contribution in [2.45, 2.75) is 45.8 Å². The Labute approximate surface area is 131 Å². The van der Waals surface area contributed by atoms with Gasteiger partial charge in [0.25, 0.3) is 0 Å². The third-order valence-corrected chi connectivity index (χ3v) is 3.54. The highest BCUT2D eigenvalue weighted by molar-refractivity contribution is 5.13. The number of benzene rings is 1. The van der Waals surface area contributed by atoms with Crippen LogP contribution in [-0.2, 0) is 18.1 Å². The third kappa shape index (κ3) is 4.66. The summed E-state index contributed by atoms with van der Waals surface area (Å²) in [6.07, 6.45) is 3.34. The van der Waals surface area contributed by atoms with Crippen molar-refractivity contribution in [2.24, 2.45) is 11.7 Å². The van der Waals surface area contributed by atoms with Gasteiger partial charge in [0, 0.05) is 6.04 Å². The Hall–Kier alpha value is -1.69. The van der Waals surface area contributed by atoms with Gasteiger partial charge in [-0.1, -0.05) is 44.2 Å². The van der Waals surface area contributed by atoms with E-state index in [1.54, 1.807) is 17.1 Å². The lowest BCUT2D eigenvalue weighted by molar-refractivity contribution is 0.0522. The van der Waals surface area contributed by atoms with Crippen molar-refractivity contribution in [3.8, 4) is 0 Å². The highest BCUT2D eigenvalue weighted by Gasteiger charge is 2.21. The van der Waals surface area contributed by atoms with E-state index in [1.807, 2.05) is 30.3 Å². The van der Waals surface area contributed by atoms with Crippen molar-refractivity contribution in [3.05, 3.63) is 54.1 Å². The highest BCUT2D eigenvalue weighted by Crippen LogP contribution is 2.20. The van der Waals surface area contributed by atoms with Gasteiger partial charge in [0.05, 0.1) is 24.8 Å². The minimum Gasteiger partial charge on any atom is -0.385 e. The molecule has 0 aliphatic heterocycles. The van der Waals surface area contributed by atoms with Crippen LogP contribution in [0.3, 0.4) is 0 Å². The molecule has 0 spiro atoms. The number of aromatic nitrogens is 2. The molecular weight excluding hydrogens is 278 g/mol. The molecule has 0 aliphatic rings. The monoisotopic (exact) mass is 303 g/mol. The first-order valence-corrected chi connectivity index (χ1v) is 7.63. The fourth-order valence-corrected chi connectivity index (χ4v) is 2.41. The lowest BCUT2D eigenvalue weighted by Gasteiger charge is -2.21. The van der Waals surface area contributed by atoms with Crippen LogP contribution in [0.4, 0.5) is 0 Å². The van der Waals surface area contributed by atoms with E-state index < -0.39 is 6.10 Å². The summed E-state index contributed by atoms with van der Waals surface area (Å²) in [7, 11) is 0. The summed E-state index contributed by atoms with van der Waals surface area (Å²) in [6, 6.07) is 9.67. The number of aliphatic hydroxyl groups is 1. The van der Waals surface area contributed by atoms with E-state index in [2.05, 4.69) is 18.8 Å². The molecule has 0 saturated heterocycles. The van der Waals surface area contributed by atoms with Gasteiger partial charge in [-0.2, -0.15) is 0 Å². The predicted octanol–water partition coefficient (Wildman–Crippen LogP) is 2.46. The van der Waals surface area contributed by atoms with E-state index in [4.69, 9.17) is 10.5 Å². The lowest BCUT2D eigenvalue weighted by atomic mass is 9.98. The van der Waals surface area contributed by atoms with Crippen LogP contribution in [0.5, 0.6) is 0 Å². The molecule has 0 aliphatic carbocycles. The minimum atomic E-state index is -0.731. The second-order valence-corrected chi connectivity index (χ2v) is 5.99. The normalized spacial score (nSPS) is 14.2. The SMILES string of the molecule is CC(C)C[C@H](N)C(O)c1cncn1COCc1ccccc1. The highest BCUT2D eigenvalue weighted by atomic mass is 16.5. The Morgan fingerprint density at radius 1 is 1.27 bits per heavy atom. The maximum atomic E-state index is 10.4. The van der Waals surface area contributed by atoms with Crippen LogP contribution < -0.4 is 5.73 Å². The number of hydrogen-bond acceptors (Lipinski definition) is 4. The van der Waals surface area contributed by atoms with Gasteiger partial charge in [0.2, 0.25) is 0 Å². The number of nitrogens with two attached hydrogens (primary N) is 1. The van der Waals surface area contributed by atoms with Crippen molar-refractivity contribution < 1.29 is 9.84 Å². The van der Waals surface area contributed by atoms with Crippen LogP contribution in [0.15, 0.2) is 42.9 Å². The number of rotatable bonds is 8. The molecule has 22 heavy (non-hydrogen) atoms. The number of aliphatic hydroxyl groups excluding tert-OH is 1. The maximum Gasteiger partial charge on any atom is 0.124 e. The number of ether oxygens (including phenoxy) is 1. The maximum absolute atomic E-state index is 10.4. The second-order valence-electron chi connectivity index (χ2n) is 5.99. The van der Waals surface area contributed by atoms with Crippen molar-refractivity contribution >= 4 is 0 Å². The first kappa shape index (κ1) is 16.7. The van der Waals surface area contributed by atoms with Gasteiger partial charge in [-0.3, -0.25) is 0 Å². The molecule has 1 aromatic carbocycles. The Kier molecular flexibility index (Phi) is 6.12. The zero-order valence-electron chi connectivity index (χ0n) is 13.2.